The third-order valence-corrected chi connectivity index (χ3v) is 6.35. The highest BCUT2D eigenvalue weighted by molar-refractivity contribution is 7.24. The molecule has 0 spiro atoms. The molecule has 7 nitrogen and oxygen atoms in total. The van der Waals surface area contributed by atoms with Crippen LogP contribution in [0.15, 0.2) is 41.2 Å². The van der Waals surface area contributed by atoms with Gasteiger partial charge in [0.25, 0.3) is 0 Å². The van der Waals surface area contributed by atoms with Crippen molar-refractivity contribution in [2.75, 3.05) is 65.8 Å². The Bertz CT molecular complexity index is 1060. The number of benzene rings is 2. The Labute approximate surface area is 185 Å². The topological polar surface area (TPSA) is 80.3 Å². The van der Waals surface area contributed by atoms with Crippen LogP contribution in [0.2, 0.25) is 0 Å². The fourth-order valence-electron chi connectivity index (χ4n) is 3.55. The molecule has 2 N–H and O–H groups in total. The molecule has 0 aliphatic carbocycles. The van der Waals surface area contributed by atoms with Crippen LogP contribution in [-0.2, 0) is 4.74 Å². The van der Waals surface area contributed by atoms with Gasteiger partial charge >= 0.3 is 0 Å². The van der Waals surface area contributed by atoms with E-state index < -0.39 is 0 Å². The smallest absolute Gasteiger partial charge is 0.195 e. The van der Waals surface area contributed by atoms with E-state index in [0.717, 1.165) is 53.7 Å². The van der Waals surface area contributed by atoms with Crippen LogP contribution in [0.5, 0.6) is 11.5 Å². The molecule has 2 heterocycles. The van der Waals surface area contributed by atoms with Gasteiger partial charge in [-0.05, 0) is 36.4 Å². The van der Waals surface area contributed by atoms with Crippen molar-refractivity contribution in [2.45, 2.75) is 0 Å². The number of aliphatic hydroxyl groups excluding tert-OH is 1. The lowest BCUT2D eigenvalue weighted by Gasteiger charge is -2.26. The second-order valence-corrected chi connectivity index (χ2v) is 8.46. The molecule has 1 aromatic heterocycles. The van der Waals surface area contributed by atoms with E-state index in [9.17, 15) is 4.79 Å². The van der Waals surface area contributed by atoms with E-state index in [-0.39, 0.29) is 12.0 Å². The second-order valence-electron chi connectivity index (χ2n) is 7.37. The van der Waals surface area contributed by atoms with Crippen LogP contribution in [0, 0.1) is 0 Å². The van der Waals surface area contributed by atoms with Gasteiger partial charge in [-0.2, -0.15) is 0 Å². The SMILES string of the molecule is O=c1c2ccc(OCCNCCO)cc2sc2cc(OCCN3CCOCC3)ccc12. The fraction of sp³-hybridized carbons (Fsp3) is 0.435. The summed E-state index contributed by atoms with van der Waals surface area (Å²) in [4.78, 5) is 15.3. The lowest BCUT2D eigenvalue weighted by atomic mass is 10.2. The first kappa shape index (κ1) is 22.0. The zero-order valence-corrected chi connectivity index (χ0v) is 18.3. The van der Waals surface area contributed by atoms with Gasteiger partial charge in [0.2, 0.25) is 0 Å². The molecule has 3 aromatic rings. The van der Waals surface area contributed by atoms with Gasteiger partial charge < -0.3 is 24.6 Å². The number of hydrogen-bond donors (Lipinski definition) is 2. The molecule has 0 amide bonds. The summed E-state index contributed by atoms with van der Waals surface area (Å²) in [6.07, 6.45) is 0. The van der Waals surface area contributed by atoms with E-state index in [0.29, 0.717) is 37.1 Å². The van der Waals surface area contributed by atoms with Crippen LogP contribution in [0.1, 0.15) is 0 Å². The third kappa shape index (κ3) is 5.72. The highest BCUT2D eigenvalue weighted by Gasteiger charge is 2.11. The second kappa shape index (κ2) is 10.9. The first-order valence-electron chi connectivity index (χ1n) is 10.6. The van der Waals surface area contributed by atoms with Crippen molar-refractivity contribution in [3.63, 3.8) is 0 Å². The average molecular weight is 445 g/mol. The van der Waals surface area contributed by atoms with E-state index in [2.05, 4.69) is 10.2 Å². The van der Waals surface area contributed by atoms with E-state index in [1.807, 2.05) is 36.4 Å². The minimum absolute atomic E-state index is 0.0276. The van der Waals surface area contributed by atoms with Crippen molar-refractivity contribution in [1.29, 1.82) is 0 Å². The molecule has 0 radical (unpaired) electrons. The lowest BCUT2D eigenvalue weighted by molar-refractivity contribution is 0.0322. The first-order chi connectivity index (χ1) is 15.2. The average Bonchev–Trinajstić information content (AvgIpc) is 2.79. The summed E-state index contributed by atoms with van der Waals surface area (Å²) in [5, 5.41) is 13.3. The molecule has 1 fully saturated rings. The third-order valence-electron chi connectivity index (χ3n) is 5.23. The van der Waals surface area contributed by atoms with E-state index in [4.69, 9.17) is 19.3 Å². The number of morpholine rings is 1. The van der Waals surface area contributed by atoms with E-state index >= 15 is 0 Å². The number of nitrogens with zero attached hydrogens (tertiary/aromatic N) is 1. The Morgan fingerprint density at radius 1 is 0.968 bits per heavy atom. The van der Waals surface area contributed by atoms with Gasteiger partial charge in [-0.25, -0.2) is 0 Å². The minimum Gasteiger partial charge on any atom is -0.492 e. The van der Waals surface area contributed by atoms with Crippen molar-refractivity contribution in [3.05, 3.63) is 46.6 Å². The molecule has 0 bridgehead atoms. The normalized spacial score (nSPS) is 14.9. The van der Waals surface area contributed by atoms with E-state index in [1.165, 1.54) is 0 Å². The van der Waals surface area contributed by atoms with Crippen molar-refractivity contribution in [3.8, 4) is 11.5 Å². The zero-order valence-electron chi connectivity index (χ0n) is 17.5. The maximum Gasteiger partial charge on any atom is 0.195 e. The maximum atomic E-state index is 12.9. The molecular weight excluding hydrogens is 416 g/mol. The molecule has 166 valence electrons. The fourth-order valence-corrected chi connectivity index (χ4v) is 4.68. The number of nitrogens with one attached hydrogen (secondary N) is 1. The van der Waals surface area contributed by atoms with Gasteiger partial charge in [-0.1, -0.05) is 0 Å². The molecule has 1 aliphatic rings. The Morgan fingerprint density at radius 2 is 1.61 bits per heavy atom. The summed E-state index contributed by atoms with van der Waals surface area (Å²) in [7, 11) is 0. The molecule has 31 heavy (non-hydrogen) atoms. The molecular formula is C23H28N2O5S. The summed E-state index contributed by atoms with van der Waals surface area (Å²) in [5.74, 6) is 1.50. The van der Waals surface area contributed by atoms with Crippen LogP contribution < -0.4 is 20.2 Å². The summed E-state index contributed by atoms with van der Waals surface area (Å²) < 4.78 is 18.9. The summed E-state index contributed by atoms with van der Waals surface area (Å²) >= 11 is 1.57. The predicted octanol–water partition coefficient (Wildman–Crippen LogP) is 2.09. The zero-order chi connectivity index (χ0) is 21.5. The van der Waals surface area contributed by atoms with Crippen molar-refractivity contribution < 1.29 is 19.3 Å². The number of aliphatic hydroxyl groups is 1. The molecule has 0 unspecified atom stereocenters. The minimum atomic E-state index is 0.0276. The highest BCUT2D eigenvalue weighted by atomic mass is 32.1. The molecule has 8 heteroatoms. The lowest BCUT2D eigenvalue weighted by Crippen LogP contribution is -2.38. The van der Waals surface area contributed by atoms with Crippen LogP contribution in [0.4, 0.5) is 0 Å². The van der Waals surface area contributed by atoms with Gasteiger partial charge in [0, 0.05) is 52.9 Å². The Balaban J connectivity index is 1.46. The first-order valence-corrected chi connectivity index (χ1v) is 11.4. The van der Waals surface area contributed by atoms with Gasteiger partial charge in [-0.15, -0.1) is 11.3 Å². The van der Waals surface area contributed by atoms with Crippen LogP contribution in [0.3, 0.4) is 0 Å². The Kier molecular flexibility index (Phi) is 7.71. The highest BCUT2D eigenvalue weighted by Crippen LogP contribution is 2.30. The van der Waals surface area contributed by atoms with Crippen LogP contribution >= 0.6 is 11.3 Å². The monoisotopic (exact) mass is 444 g/mol. The van der Waals surface area contributed by atoms with Gasteiger partial charge in [0.1, 0.15) is 24.7 Å². The summed E-state index contributed by atoms with van der Waals surface area (Å²) in [6.45, 7) is 6.71. The molecule has 1 saturated heterocycles. The standard InChI is InChI=1S/C23H28N2O5S/c26-10-5-24-6-11-29-17-1-3-19-21(15-17)31-22-16-18(2-4-20(22)23(19)27)30-14-9-25-7-12-28-13-8-25/h1-4,15-16,24,26H,5-14H2. The Morgan fingerprint density at radius 3 is 2.26 bits per heavy atom. The van der Waals surface area contributed by atoms with Crippen molar-refractivity contribution in [2.24, 2.45) is 0 Å². The molecule has 4 rings (SSSR count). The van der Waals surface area contributed by atoms with Gasteiger partial charge in [-0.3, -0.25) is 9.69 Å². The van der Waals surface area contributed by atoms with Crippen molar-refractivity contribution in [1.82, 2.24) is 10.2 Å². The van der Waals surface area contributed by atoms with Crippen LogP contribution in [0.25, 0.3) is 20.2 Å². The number of ether oxygens (including phenoxy) is 3. The van der Waals surface area contributed by atoms with Crippen molar-refractivity contribution >= 4 is 31.5 Å². The van der Waals surface area contributed by atoms with Crippen LogP contribution in [-0.4, -0.2) is 75.8 Å². The molecule has 2 aromatic carbocycles. The maximum absolute atomic E-state index is 12.9. The largest absolute Gasteiger partial charge is 0.492 e. The van der Waals surface area contributed by atoms with Gasteiger partial charge in [0.05, 0.1) is 19.8 Å². The molecule has 1 aliphatic heterocycles. The Hall–Kier alpha value is -2.23. The van der Waals surface area contributed by atoms with Gasteiger partial charge in [0.15, 0.2) is 5.43 Å². The van der Waals surface area contributed by atoms with E-state index in [1.54, 1.807) is 11.3 Å². The number of fused-ring (bicyclic) bond motifs is 2. The molecule has 0 saturated carbocycles. The summed E-state index contributed by atoms with van der Waals surface area (Å²) in [5.41, 5.74) is 0.0276. The quantitative estimate of drug-likeness (QED) is 0.366. The summed E-state index contributed by atoms with van der Waals surface area (Å²) in [6, 6.07) is 11.3. The number of rotatable bonds is 10. The number of hydrogen-bond acceptors (Lipinski definition) is 8. The predicted molar refractivity (Wildman–Crippen MR) is 124 cm³/mol. The molecule has 0 atom stereocenters.